The SMILES string of the molecule is CN[C@H]1C[C@@H]2O[C@](C)([C@H]1OC)n1c3ccccc3c3c4c(c5c6ccccc6n2c5c31)C(=O)NC4.CS(=O)(=O)O.Cc1ccc(NC(=O)c2ccc(CN3CCN(C)CC3)cc2)cc1Nc1nccc(-c2cccnc2)n1. The first-order chi connectivity index (χ1) is 37.1. The maximum absolute atomic E-state index is 13.3. The van der Waals surface area contributed by atoms with Crippen molar-refractivity contribution in [3.05, 3.63) is 156 Å². The third-order valence-corrected chi connectivity index (χ3v) is 15.2. The van der Waals surface area contributed by atoms with E-state index in [-0.39, 0.29) is 30.2 Å². The molecule has 4 aromatic heterocycles. The van der Waals surface area contributed by atoms with E-state index in [0.717, 1.165) is 116 Å². The Morgan fingerprint density at radius 3 is 2.32 bits per heavy atom. The highest BCUT2D eigenvalue weighted by molar-refractivity contribution is 7.85. The molecule has 2 amide bonds. The smallest absolute Gasteiger partial charge is 0.261 e. The van der Waals surface area contributed by atoms with Crippen LogP contribution in [0.1, 0.15) is 57.0 Å². The van der Waals surface area contributed by atoms with Crippen LogP contribution in [0.25, 0.3) is 54.9 Å². The summed E-state index contributed by atoms with van der Waals surface area (Å²) in [5.41, 5.74) is 11.6. The van der Waals surface area contributed by atoms with Gasteiger partial charge >= 0.3 is 0 Å². The van der Waals surface area contributed by atoms with Crippen molar-refractivity contribution in [2.75, 3.05) is 64.3 Å². The Kier molecular flexibility index (Phi) is 13.9. The monoisotopic (exact) mass is 1060 g/mol. The number of aryl methyl sites for hydroxylation is 1. The average Bonchev–Trinajstić information content (AvgIpc) is 4.29. The fourth-order valence-electron chi connectivity index (χ4n) is 11.6. The van der Waals surface area contributed by atoms with Crippen LogP contribution < -0.4 is 21.3 Å². The van der Waals surface area contributed by atoms with Gasteiger partial charge in [-0.3, -0.25) is 24.0 Å². The van der Waals surface area contributed by atoms with Crippen molar-refractivity contribution in [3.63, 3.8) is 0 Å². The van der Waals surface area contributed by atoms with Gasteiger partial charge in [-0.05, 0) is 99.2 Å². The molecule has 0 spiro atoms. The van der Waals surface area contributed by atoms with Gasteiger partial charge in [0.1, 0.15) is 12.3 Å². The minimum Gasteiger partial charge on any atom is -0.375 e. The van der Waals surface area contributed by atoms with E-state index in [1.807, 2.05) is 74.6 Å². The van der Waals surface area contributed by atoms with E-state index in [9.17, 15) is 18.0 Å². The van der Waals surface area contributed by atoms with Crippen LogP contribution in [0.3, 0.4) is 0 Å². The lowest BCUT2D eigenvalue weighted by Crippen LogP contribution is -2.59. The van der Waals surface area contributed by atoms with Gasteiger partial charge < -0.3 is 44.8 Å². The molecular weight excluding hydrogens is 995 g/mol. The molecule has 2 fully saturated rings. The lowest BCUT2D eigenvalue weighted by molar-refractivity contribution is -0.256. The number of benzene rings is 5. The van der Waals surface area contributed by atoms with Crippen LogP contribution in [0.15, 0.2) is 128 Å². The average molecular weight is 1060 g/mol. The van der Waals surface area contributed by atoms with Crippen molar-refractivity contribution < 1.29 is 32.0 Å². The lowest BCUT2D eigenvalue weighted by Gasteiger charge is -2.48. The summed E-state index contributed by atoms with van der Waals surface area (Å²) in [5.74, 6) is 0.337. The quantitative estimate of drug-likeness (QED) is 0.0860. The number of rotatable bonds is 9. The van der Waals surface area contributed by atoms with E-state index < -0.39 is 15.8 Å². The first-order valence-corrected chi connectivity index (χ1v) is 27.5. The molecule has 18 nitrogen and oxygen atoms in total. The molecule has 0 radical (unpaired) electrons. The molecule has 4 atom stereocenters. The number of nitrogens with zero attached hydrogens (tertiary/aromatic N) is 7. The predicted octanol–water partition coefficient (Wildman–Crippen LogP) is 8.45. The Bertz CT molecular complexity index is 3830. The highest BCUT2D eigenvalue weighted by Gasteiger charge is 2.53. The summed E-state index contributed by atoms with van der Waals surface area (Å²) >= 11 is 0. The van der Waals surface area contributed by atoms with E-state index in [2.05, 4.69) is 118 Å². The molecule has 396 valence electrons. The van der Waals surface area contributed by atoms with E-state index in [4.69, 9.17) is 14.0 Å². The summed E-state index contributed by atoms with van der Waals surface area (Å²) < 4.78 is 43.8. The van der Waals surface area contributed by atoms with E-state index in [1.165, 1.54) is 5.56 Å². The second-order valence-electron chi connectivity index (χ2n) is 20.3. The second kappa shape index (κ2) is 20.7. The molecule has 2 bridgehead atoms. The molecule has 77 heavy (non-hydrogen) atoms. The van der Waals surface area contributed by atoms with E-state index >= 15 is 0 Å². The standard InChI is InChI=1S/C29H31N7O.C28H26N4O3.CH4O3S/c1-21-5-10-25(18-27(21)34-29-31-13-11-26(33-29)24-4-3-12-30-19-24)32-28(37)23-8-6-22(7-9-23)20-36-16-14-35(2)15-17-36;1-28-26(34-3)17(29-2)12-20(35-28)31-18-10-6-4-8-14(18)22-23-16(13-30-27(23)33)21-15-9-5-7-11-19(15)32(28)25(21)24(22)31;1-5(2,3)4/h3-13,18-19H,14-17,20H2,1-2H3,(H,32,37)(H,31,33,34);4-11,17,20,26,29H,12-13H2,1-3H3,(H,30,33);1H3,(H,2,3,4)/t;17-,20-,26-,28+;/m.0./s1. The number of methoxy groups -OCH3 is 1. The number of aromatic nitrogens is 5. The minimum atomic E-state index is -3.67. The van der Waals surface area contributed by atoms with Crippen LogP contribution in [0, 0.1) is 6.92 Å². The van der Waals surface area contributed by atoms with Crippen molar-refractivity contribution in [1.29, 1.82) is 0 Å². The Balaban J connectivity index is 0.000000151. The number of para-hydroxylation sites is 2. The molecule has 9 aromatic rings. The summed E-state index contributed by atoms with van der Waals surface area (Å²) in [6, 6.07) is 36.3. The zero-order chi connectivity index (χ0) is 53.8. The van der Waals surface area contributed by atoms with Crippen LogP contribution in [0.4, 0.5) is 17.3 Å². The summed E-state index contributed by atoms with van der Waals surface area (Å²) in [7, 11) is 2.26. The number of piperazine rings is 1. The molecule has 4 aliphatic rings. The molecule has 0 saturated carbocycles. The minimum absolute atomic E-state index is 0.00357. The molecule has 5 aromatic carbocycles. The summed E-state index contributed by atoms with van der Waals surface area (Å²) in [5, 5.41) is 17.3. The molecule has 19 heteroatoms. The normalized spacial score (nSPS) is 20.0. The van der Waals surface area contributed by atoms with Crippen LogP contribution in [0.5, 0.6) is 0 Å². The number of nitrogens with one attached hydrogen (secondary N) is 4. The number of amides is 2. The molecule has 8 heterocycles. The second-order valence-corrected chi connectivity index (χ2v) is 21.7. The van der Waals surface area contributed by atoms with Gasteiger partial charge in [0.05, 0.1) is 39.6 Å². The molecular formula is C58H61N11O7S. The number of likely N-dealkylation sites (N-methyl/N-ethyl adjacent to an activating group) is 2. The number of ether oxygens (including phenoxy) is 2. The lowest BCUT2D eigenvalue weighted by atomic mass is 9.93. The summed E-state index contributed by atoms with van der Waals surface area (Å²) in [6.45, 7) is 9.92. The van der Waals surface area contributed by atoms with Gasteiger partial charge in [-0.25, -0.2) is 9.97 Å². The van der Waals surface area contributed by atoms with Crippen LogP contribution >= 0.6 is 0 Å². The van der Waals surface area contributed by atoms with Gasteiger partial charge in [0.15, 0.2) is 5.72 Å². The molecule has 4 aliphatic heterocycles. The Morgan fingerprint density at radius 2 is 1.62 bits per heavy atom. The largest absolute Gasteiger partial charge is 0.375 e. The van der Waals surface area contributed by atoms with Crippen LogP contribution in [0.2, 0.25) is 0 Å². The zero-order valence-corrected chi connectivity index (χ0v) is 44.6. The number of pyridine rings is 1. The van der Waals surface area contributed by atoms with Crippen LogP contribution in [-0.4, -0.2) is 124 Å². The van der Waals surface area contributed by atoms with Crippen molar-refractivity contribution >= 4 is 82.9 Å². The highest BCUT2D eigenvalue weighted by atomic mass is 32.2. The molecule has 13 rings (SSSR count). The van der Waals surface area contributed by atoms with Crippen molar-refractivity contribution in [1.82, 2.24) is 44.5 Å². The third kappa shape index (κ3) is 9.80. The van der Waals surface area contributed by atoms with Crippen LogP contribution in [-0.2, 0) is 38.4 Å². The van der Waals surface area contributed by atoms with E-state index in [0.29, 0.717) is 30.0 Å². The summed E-state index contributed by atoms with van der Waals surface area (Å²) in [4.78, 5) is 44.2. The Labute approximate surface area is 446 Å². The number of anilines is 3. The first kappa shape index (κ1) is 51.5. The van der Waals surface area contributed by atoms with Crippen molar-refractivity contribution in [2.45, 2.75) is 57.5 Å². The first-order valence-electron chi connectivity index (χ1n) is 25.6. The number of carbonyl (C=O) groups excluding carboxylic acids is 2. The maximum Gasteiger partial charge on any atom is 0.261 e. The van der Waals surface area contributed by atoms with Gasteiger partial charge in [0.25, 0.3) is 21.9 Å². The Hall–Kier alpha value is -7.62. The Morgan fingerprint density at radius 1 is 0.909 bits per heavy atom. The predicted molar refractivity (Wildman–Crippen MR) is 300 cm³/mol. The molecule has 2 saturated heterocycles. The van der Waals surface area contributed by atoms with Gasteiger partial charge in [-0.15, -0.1) is 0 Å². The van der Waals surface area contributed by atoms with Crippen molar-refractivity contribution in [3.8, 4) is 11.3 Å². The third-order valence-electron chi connectivity index (χ3n) is 15.2. The van der Waals surface area contributed by atoms with Gasteiger partial charge in [0, 0.05) is 121 Å². The number of fused-ring (bicyclic) bond motifs is 13. The fourth-order valence-corrected chi connectivity index (χ4v) is 11.6. The topological polar surface area (TPSA) is 210 Å². The summed E-state index contributed by atoms with van der Waals surface area (Å²) in [6.07, 6.45) is 6.27. The van der Waals surface area contributed by atoms with Gasteiger partial charge in [0.2, 0.25) is 5.95 Å². The van der Waals surface area contributed by atoms with Gasteiger partial charge in [-0.2, -0.15) is 8.42 Å². The highest BCUT2D eigenvalue weighted by Crippen LogP contribution is 2.53. The number of hydrogen-bond acceptors (Lipinski definition) is 13. The number of carbonyl (C=O) groups is 2. The molecule has 0 unspecified atom stereocenters. The zero-order valence-electron chi connectivity index (χ0n) is 43.7. The van der Waals surface area contributed by atoms with E-state index in [1.54, 1.807) is 25.7 Å². The molecule has 5 N–H and O–H groups in total. The van der Waals surface area contributed by atoms with Crippen molar-refractivity contribution in [2.24, 2.45) is 0 Å². The number of hydrogen-bond donors (Lipinski definition) is 5. The fraction of sp³-hybridized carbons (Fsp3) is 0.293. The maximum atomic E-state index is 13.3. The van der Waals surface area contributed by atoms with Gasteiger partial charge in [-0.1, -0.05) is 54.6 Å². The molecule has 0 aliphatic carbocycles.